The maximum absolute atomic E-state index is 12.5. The van der Waals surface area contributed by atoms with E-state index >= 15 is 0 Å². The number of benzene rings is 1. The minimum Gasteiger partial charge on any atom is -0.386 e. The van der Waals surface area contributed by atoms with Gasteiger partial charge in [-0.15, -0.1) is 0 Å². The van der Waals surface area contributed by atoms with Crippen molar-refractivity contribution in [2.75, 3.05) is 13.1 Å². The molecular formula is C16H16N2O2. The maximum atomic E-state index is 12.5. The van der Waals surface area contributed by atoms with Crippen LogP contribution in [0.15, 0.2) is 36.5 Å². The summed E-state index contributed by atoms with van der Waals surface area (Å²) in [4.78, 5) is 18.5. The summed E-state index contributed by atoms with van der Waals surface area (Å²) >= 11 is 0. The van der Waals surface area contributed by atoms with Crippen LogP contribution in [0.25, 0.3) is 10.8 Å². The van der Waals surface area contributed by atoms with Gasteiger partial charge in [0.15, 0.2) is 0 Å². The van der Waals surface area contributed by atoms with Crippen LogP contribution < -0.4 is 0 Å². The van der Waals surface area contributed by atoms with Gasteiger partial charge in [-0.25, -0.2) is 0 Å². The van der Waals surface area contributed by atoms with Crippen molar-refractivity contribution in [3.05, 3.63) is 42.2 Å². The zero-order valence-corrected chi connectivity index (χ0v) is 11.1. The number of hydrogen-bond donors (Lipinski definition) is 1. The molecule has 2 heterocycles. The predicted molar refractivity (Wildman–Crippen MR) is 75.3 cm³/mol. The quantitative estimate of drug-likeness (QED) is 0.904. The smallest absolute Gasteiger partial charge is 0.273 e. The van der Waals surface area contributed by atoms with Crippen LogP contribution in [0.4, 0.5) is 0 Å². The molecule has 1 aliphatic carbocycles. The van der Waals surface area contributed by atoms with Crippen LogP contribution in [0.2, 0.25) is 0 Å². The summed E-state index contributed by atoms with van der Waals surface area (Å²) < 4.78 is 0. The van der Waals surface area contributed by atoms with Gasteiger partial charge in [0.2, 0.25) is 0 Å². The van der Waals surface area contributed by atoms with Crippen molar-refractivity contribution in [2.45, 2.75) is 18.4 Å². The molecule has 0 radical (unpaired) electrons. The van der Waals surface area contributed by atoms with Crippen molar-refractivity contribution in [3.8, 4) is 0 Å². The highest BCUT2D eigenvalue weighted by Crippen LogP contribution is 2.44. The Hall–Kier alpha value is -1.94. The van der Waals surface area contributed by atoms with E-state index in [2.05, 4.69) is 4.98 Å². The molecule has 4 nitrogen and oxygen atoms in total. The normalized spacial score (nSPS) is 20.8. The van der Waals surface area contributed by atoms with Crippen molar-refractivity contribution in [1.29, 1.82) is 0 Å². The second kappa shape index (κ2) is 4.03. The van der Waals surface area contributed by atoms with E-state index in [9.17, 15) is 9.90 Å². The number of pyridine rings is 1. The number of aromatic nitrogens is 1. The first-order valence-electron chi connectivity index (χ1n) is 7.03. The van der Waals surface area contributed by atoms with Gasteiger partial charge in [0.25, 0.3) is 5.91 Å². The summed E-state index contributed by atoms with van der Waals surface area (Å²) in [6.45, 7) is 0.892. The Balaban J connectivity index is 1.62. The fourth-order valence-corrected chi connectivity index (χ4v) is 3.08. The molecule has 4 heteroatoms. The van der Waals surface area contributed by atoms with Crippen LogP contribution in [0.1, 0.15) is 23.3 Å². The first-order chi connectivity index (χ1) is 9.67. The molecule has 1 aromatic heterocycles. The summed E-state index contributed by atoms with van der Waals surface area (Å²) in [5, 5.41) is 12.2. The summed E-state index contributed by atoms with van der Waals surface area (Å²) in [7, 11) is 0. The van der Waals surface area contributed by atoms with Gasteiger partial charge in [-0.1, -0.05) is 24.3 Å². The van der Waals surface area contributed by atoms with Crippen molar-refractivity contribution in [3.63, 3.8) is 0 Å². The molecule has 1 saturated heterocycles. The van der Waals surface area contributed by atoms with E-state index in [4.69, 9.17) is 0 Å². The SMILES string of the molecule is O=C(c1nccc2ccccc12)N1CC(O)(C2CC2)C1. The summed E-state index contributed by atoms with van der Waals surface area (Å²) in [6.07, 6.45) is 3.85. The van der Waals surface area contributed by atoms with E-state index in [1.54, 1.807) is 11.1 Å². The lowest BCUT2D eigenvalue weighted by molar-refractivity contribution is -0.0959. The Morgan fingerprint density at radius 1 is 1.25 bits per heavy atom. The zero-order valence-electron chi connectivity index (χ0n) is 11.1. The number of β-amino-alcohol motifs (C(OH)–C–C–N with tert-alkyl or cyclic N) is 1. The molecule has 2 aromatic rings. The molecule has 1 aliphatic heterocycles. The monoisotopic (exact) mass is 268 g/mol. The Morgan fingerprint density at radius 3 is 2.75 bits per heavy atom. The van der Waals surface area contributed by atoms with Crippen LogP contribution in [0.3, 0.4) is 0 Å². The average molecular weight is 268 g/mol. The van der Waals surface area contributed by atoms with Crippen molar-refractivity contribution in [2.24, 2.45) is 5.92 Å². The fraction of sp³-hybridized carbons (Fsp3) is 0.375. The molecule has 0 spiro atoms. The van der Waals surface area contributed by atoms with Gasteiger partial charge in [0.1, 0.15) is 11.3 Å². The zero-order chi connectivity index (χ0) is 13.7. The highest BCUT2D eigenvalue weighted by molar-refractivity contribution is 6.05. The average Bonchev–Trinajstić information content (AvgIpc) is 3.27. The summed E-state index contributed by atoms with van der Waals surface area (Å²) in [6, 6.07) is 9.67. The fourth-order valence-electron chi connectivity index (χ4n) is 3.08. The number of likely N-dealkylation sites (tertiary alicyclic amines) is 1. The predicted octanol–water partition coefficient (Wildman–Crippen LogP) is 1.83. The highest BCUT2D eigenvalue weighted by Gasteiger charge is 2.53. The lowest BCUT2D eigenvalue weighted by atomic mass is 9.88. The number of hydrogen-bond acceptors (Lipinski definition) is 3. The molecule has 0 atom stereocenters. The molecule has 102 valence electrons. The third kappa shape index (κ3) is 1.72. The van der Waals surface area contributed by atoms with Crippen LogP contribution >= 0.6 is 0 Å². The number of fused-ring (bicyclic) bond motifs is 1. The van der Waals surface area contributed by atoms with Gasteiger partial charge in [-0.2, -0.15) is 0 Å². The van der Waals surface area contributed by atoms with Gasteiger partial charge in [0, 0.05) is 11.6 Å². The van der Waals surface area contributed by atoms with Crippen LogP contribution in [0.5, 0.6) is 0 Å². The Kier molecular flexibility index (Phi) is 2.39. The standard InChI is InChI=1S/C16H16N2O2/c19-15(18-9-16(20,10-18)12-5-6-12)14-13-4-2-1-3-11(13)7-8-17-14/h1-4,7-8,12,20H,5-6,9-10H2. The number of rotatable bonds is 2. The van der Waals surface area contributed by atoms with Gasteiger partial charge < -0.3 is 10.0 Å². The van der Waals surface area contributed by atoms with Gasteiger partial charge in [-0.3, -0.25) is 9.78 Å². The van der Waals surface area contributed by atoms with E-state index in [0.29, 0.717) is 24.7 Å². The molecule has 1 saturated carbocycles. The molecule has 2 aliphatic rings. The molecule has 4 rings (SSSR count). The van der Waals surface area contributed by atoms with Crippen LogP contribution in [0, 0.1) is 5.92 Å². The van der Waals surface area contributed by atoms with Crippen LogP contribution in [-0.4, -0.2) is 39.6 Å². The highest BCUT2D eigenvalue weighted by atomic mass is 16.3. The van der Waals surface area contributed by atoms with E-state index < -0.39 is 5.60 Å². The summed E-state index contributed by atoms with van der Waals surface area (Å²) in [5.74, 6) is 0.319. The largest absolute Gasteiger partial charge is 0.386 e. The molecule has 2 fully saturated rings. The number of amides is 1. The summed E-state index contributed by atoms with van der Waals surface area (Å²) in [5.41, 5.74) is -0.152. The third-order valence-electron chi connectivity index (χ3n) is 4.43. The molecule has 20 heavy (non-hydrogen) atoms. The van der Waals surface area contributed by atoms with Gasteiger partial charge >= 0.3 is 0 Å². The van der Waals surface area contributed by atoms with E-state index in [0.717, 1.165) is 23.6 Å². The molecular weight excluding hydrogens is 252 g/mol. The number of aliphatic hydroxyl groups is 1. The third-order valence-corrected chi connectivity index (χ3v) is 4.43. The second-order valence-electron chi connectivity index (χ2n) is 5.92. The Morgan fingerprint density at radius 2 is 2.00 bits per heavy atom. The molecule has 1 amide bonds. The van der Waals surface area contributed by atoms with Crippen molar-refractivity contribution in [1.82, 2.24) is 9.88 Å². The lowest BCUT2D eigenvalue weighted by Gasteiger charge is -2.46. The van der Waals surface area contributed by atoms with E-state index in [-0.39, 0.29) is 5.91 Å². The Labute approximate surface area is 117 Å². The van der Waals surface area contributed by atoms with Crippen molar-refractivity contribution < 1.29 is 9.90 Å². The van der Waals surface area contributed by atoms with Crippen LogP contribution in [-0.2, 0) is 0 Å². The van der Waals surface area contributed by atoms with Gasteiger partial charge in [0.05, 0.1) is 13.1 Å². The second-order valence-corrected chi connectivity index (χ2v) is 5.92. The minimum atomic E-state index is -0.639. The number of carbonyl (C=O) groups excluding carboxylic acids is 1. The topological polar surface area (TPSA) is 53.4 Å². The number of carbonyl (C=O) groups is 1. The van der Waals surface area contributed by atoms with Gasteiger partial charge in [-0.05, 0) is 30.2 Å². The van der Waals surface area contributed by atoms with E-state index in [1.807, 2.05) is 30.3 Å². The lowest BCUT2D eigenvalue weighted by Crippen LogP contribution is -2.64. The Bertz CT molecular complexity index is 682. The molecule has 1 N–H and O–H groups in total. The minimum absolute atomic E-state index is 0.0767. The first kappa shape index (κ1) is 11.9. The number of nitrogens with zero attached hydrogens (tertiary/aromatic N) is 2. The van der Waals surface area contributed by atoms with Crippen molar-refractivity contribution >= 4 is 16.7 Å². The molecule has 0 bridgehead atoms. The molecule has 1 aromatic carbocycles. The van der Waals surface area contributed by atoms with E-state index in [1.165, 1.54) is 0 Å². The first-order valence-corrected chi connectivity index (χ1v) is 7.03. The molecule has 0 unspecified atom stereocenters. The maximum Gasteiger partial charge on any atom is 0.273 e.